The van der Waals surface area contributed by atoms with E-state index < -0.39 is 11.4 Å². The normalized spacial score (nSPS) is 22.9. The number of carboxylic acids is 1. The Morgan fingerprint density at radius 2 is 2.26 bits per heavy atom. The van der Waals surface area contributed by atoms with Crippen LogP contribution in [0.1, 0.15) is 30.9 Å². The van der Waals surface area contributed by atoms with E-state index in [1.807, 2.05) is 30.0 Å². The molecule has 0 radical (unpaired) electrons. The van der Waals surface area contributed by atoms with E-state index in [1.165, 1.54) is 0 Å². The van der Waals surface area contributed by atoms with Crippen LogP contribution in [-0.4, -0.2) is 24.2 Å². The van der Waals surface area contributed by atoms with Crippen molar-refractivity contribution in [3.05, 3.63) is 29.3 Å². The second kappa shape index (κ2) is 4.93. The van der Waals surface area contributed by atoms with Crippen molar-refractivity contribution in [3.8, 4) is 6.07 Å². The molecule has 0 spiro atoms. The number of nitriles is 1. The number of anilines is 1. The highest BCUT2D eigenvalue weighted by Gasteiger charge is 2.38. The lowest BCUT2D eigenvalue weighted by molar-refractivity contribution is -0.148. The van der Waals surface area contributed by atoms with Crippen LogP contribution in [-0.2, 0) is 4.79 Å². The highest BCUT2D eigenvalue weighted by atomic mass is 16.4. The summed E-state index contributed by atoms with van der Waals surface area (Å²) in [5.74, 6) is -0.761. The molecule has 19 heavy (non-hydrogen) atoms. The van der Waals surface area contributed by atoms with Gasteiger partial charge in [0.2, 0.25) is 0 Å². The number of carbonyl (C=O) groups is 1. The van der Waals surface area contributed by atoms with Gasteiger partial charge in [0.05, 0.1) is 16.7 Å². The monoisotopic (exact) mass is 258 g/mol. The first kappa shape index (κ1) is 13.4. The van der Waals surface area contributed by atoms with Gasteiger partial charge in [-0.3, -0.25) is 4.79 Å². The predicted octanol–water partition coefficient (Wildman–Crippen LogP) is 2.56. The zero-order valence-electron chi connectivity index (χ0n) is 11.3. The Morgan fingerprint density at radius 3 is 2.89 bits per heavy atom. The van der Waals surface area contributed by atoms with Crippen LogP contribution in [0.2, 0.25) is 0 Å². The quantitative estimate of drug-likeness (QED) is 0.885. The third-order valence-electron chi connectivity index (χ3n) is 3.83. The molecule has 0 aliphatic carbocycles. The lowest BCUT2D eigenvalue weighted by Crippen LogP contribution is -2.46. The van der Waals surface area contributed by atoms with Crippen LogP contribution in [0.25, 0.3) is 0 Å². The molecule has 1 atom stereocenters. The molecule has 1 heterocycles. The summed E-state index contributed by atoms with van der Waals surface area (Å²) in [5, 5.41) is 18.6. The molecule has 1 saturated heterocycles. The van der Waals surface area contributed by atoms with Crippen molar-refractivity contribution in [1.82, 2.24) is 0 Å². The van der Waals surface area contributed by atoms with Crippen molar-refractivity contribution in [2.24, 2.45) is 5.41 Å². The molecule has 0 saturated carbocycles. The molecule has 0 aromatic heterocycles. The average molecular weight is 258 g/mol. The molecule has 1 aromatic carbocycles. The first-order valence-electron chi connectivity index (χ1n) is 6.45. The topological polar surface area (TPSA) is 64.3 Å². The second-order valence-electron chi connectivity index (χ2n) is 5.52. The van der Waals surface area contributed by atoms with Crippen molar-refractivity contribution in [2.75, 3.05) is 18.0 Å². The number of benzene rings is 1. The summed E-state index contributed by atoms with van der Waals surface area (Å²) in [5.41, 5.74) is 1.78. The van der Waals surface area contributed by atoms with Gasteiger partial charge in [-0.15, -0.1) is 0 Å². The Balaban J connectivity index is 2.33. The lowest BCUT2D eigenvalue weighted by Gasteiger charge is -2.39. The molecule has 4 heteroatoms. The van der Waals surface area contributed by atoms with Crippen LogP contribution in [0.4, 0.5) is 5.69 Å². The van der Waals surface area contributed by atoms with Crippen molar-refractivity contribution < 1.29 is 9.90 Å². The molecule has 4 nitrogen and oxygen atoms in total. The standard InChI is InChI=1S/C15H18N2O2/c1-11-4-5-13(12(8-11)9-16)17-7-3-6-15(2,10-17)14(18)19/h4-5,8H,3,6-7,10H2,1-2H3,(H,18,19). The molecule has 1 aliphatic heterocycles. The average Bonchev–Trinajstić information content (AvgIpc) is 2.38. The number of hydrogen-bond acceptors (Lipinski definition) is 3. The summed E-state index contributed by atoms with van der Waals surface area (Å²) in [6.45, 7) is 4.99. The Kier molecular flexibility index (Phi) is 3.48. The van der Waals surface area contributed by atoms with E-state index in [0.29, 0.717) is 18.5 Å². The fourth-order valence-electron chi connectivity index (χ4n) is 2.63. The van der Waals surface area contributed by atoms with E-state index in [1.54, 1.807) is 6.92 Å². The molecule has 0 amide bonds. The minimum Gasteiger partial charge on any atom is -0.481 e. The number of aliphatic carboxylic acids is 1. The minimum absolute atomic E-state index is 0.458. The molecular formula is C15H18N2O2. The van der Waals surface area contributed by atoms with Crippen LogP contribution in [0.3, 0.4) is 0 Å². The van der Waals surface area contributed by atoms with Gasteiger partial charge in [-0.25, -0.2) is 0 Å². The first-order valence-corrected chi connectivity index (χ1v) is 6.45. The maximum absolute atomic E-state index is 11.4. The van der Waals surface area contributed by atoms with Gasteiger partial charge in [0, 0.05) is 13.1 Å². The fourth-order valence-corrected chi connectivity index (χ4v) is 2.63. The number of hydrogen-bond donors (Lipinski definition) is 1. The van der Waals surface area contributed by atoms with E-state index in [2.05, 4.69) is 6.07 Å². The van der Waals surface area contributed by atoms with Crippen LogP contribution < -0.4 is 4.90 Å². The SMILES string of the molecule is Cc1ccc(N2CCCC(C)(C(=O)O)C2)c(C#N)c1. The first-order chi connectivity index (χ1) is 8.96. The van der Waals surface area contributed by atoms with Gasteiger partial charge >= 0.3 is 5.97 Å². The number of rotatable bonds is 2. The molecule has 1 aliphatic rings. The molecule has 0 bridgehead atoms. The minimum atomic E-state index is -0.761. The van der Waals surface area contributed by atoms with E-state index >= 15 is 0 Å². The van der Waals surface area contributed by atoms with Crippen LogP contribution >= 0.6 is 0 Å². The summed E-state index contributed by atoms with van der Waals surface area (Å²) < 4.78 is 0. The van der Waals surface area contributed by atoms with Crippen LogP contribution in [0, 0.1) is 23.7 Å². The Labute approximate surface area is 113 Å². The molecule has 100 valence electrons. The zero-order chi connectivity index (χ0) is 14.0. The number of nitrogens with zero attached hydrogens (tertiary/aromatic N) is 2. The summed E-state index contributed by atoms with van der Waals surface area (Å²) in [4.78, 5) is 13.4. The zero-order valence-corrected chi connectivity index (χ0v) is 11.3. The number of piperidine rings is 1. The number of carboxylic acid groups (broad SMARTS) is 1. The van der Waals surface area contributed by atoms with E-state index in [-0.39, 0.29) is 0 Å². The third-order valence-corrected chi connectivity index (χ3v) is 3.83. The third kappa shape index (κ3) is 2.55. The summed E-state index contributed by atoms with van der Waals surface area (Å²) in [6.07, 6.45) is 1.52. The maximum atomic E-state index is 11.4. The molecular weight excluding hydrogens is 240 g/mol. The Morgan fingerprint density at radius 1 is 1.53 bits per heavy atom. The smallest absolute Gasteiger partial charge is 0.311 e. The van der Waals surface area contributed by atoms with E-state index in [4.69, 9.17) is 0 Å². The van der Waals surface area contributed by atoms with Crippen LogP contribution in [0.5, 0.6) is 0 Å². The Hall–Kier alpha value is -2.02. The van der Waals surface area contributed by atoms with E-state index in [0.717, 1.165) is 24.2 Å². The fraction of sp³-hybridized carbons (Fsp3) is 0.467. The van der Waals surface area contributed by atoms with Crippen LogP contribution in [0.15, 0.2) is 18.2 Å². The largest absolute Gasteiger partial charge is 0.481 e. The van der Waals surface area contributed by atoms with Gasteiger partial charge < -0.3 is 10.0 Å². The van der Waals surface area contributed by atoms with Gasteiger partial charge in [-0.05, 0) is 44.4 Å². The van der Waals surface area contributed by atoms with Crippen molar-refractivity contribution in [2.45, 2.75) is 26.7 Å². The number of aryl methyl sites for hydroxylation is 1. The van der Waals surface area contributed by atoms with Crippen molar-refractivity contribution in [1.29, 1.82) is 5.26 Å². The second-order valence-corrected chi connectivity index (χ2v) is 5.52. The maximum Gasteiger partial charge on any atom is 0.311 e. The molecule has 1 aromatic rings. The highest BCUT2D eigenvalue weighted by Crippen LogP contribution is 2.33. The molecule has 1 N–H and O–H groups in total. The molecule has 2 rings (SSSR count). The van der Waals surface area contributed by atoms with Gasteiger partial charge in [0.1, 0.15) is 6.07 Å². The van der Waals surface area contributed by atoms with Gasteiger partial charge in [0.25, 0.3) is 0 Å². The summed E-state index contributed by atoms with van der Waals surface area (Å²) >= 11 is 0. The molecule has 1 fully saturated rings. The Bertz CT molecular complexity index is 548. The van der Waals surface area contributed by atoms with Gasteiger partial charge in [-0.2, -0.15) is 5.26 Å². The summed E-state index contributed by atoms with van der Waals surface area (Å²) in [6, 6.07) is 7.93. The molecule has 1 unspecified atom stereocenters. The van der Waals surface area contributed by atoms with Crippen molar-refractivity contribution >= 4 is 11.7 Å². The predicted molar refractivity (Wildman–Crippen MR) is 73.1 cm³/mol. The van der Waals surface area contributed by atoms with E-state index in [9.17, 15) is 15.2 Å². The highest BCUT2D eigenvalue weighted by molar-refractivity contribution is 5.76. The lowest BCUT2D eigenvalue weighted by atomic mass is 9.81. The van der Waals surface area contributed by atoms with Crippen molar-refractivity contribution in [3.63, 3.8) is 0 Å². The summed E-state index contributed by atoms with van der Waals surface area (Å²) in [7, 11) is 0. The van der Waals surface area contributed by atoms with Gasteiger partial charge in [0.15, 0.2) is 0 Å². The van der Waals surface area contributed by atoms with Gasteiger partial charge in [-0.1, -0.05) is 6.07 Å².